The molecular weight excluding hydrogens is 268 g/mol. The Morgan fingerprint density at radius 1 is 1.33 bits per heavy atom. The molecule has 1 aromatic heterocycles. The zero-order chi connectivity index (χ0) is 16.0. The van der Waals surface area contributed by atoms with E-state index < -0.39 is 0 Å². The lowest BCUT2D eigenvalue weighted by molar-refractivity contribution is -0.386. The van der Waals surface area contributed by atoms with Gasteiger partial charge in [-0.3, -0.25) is 14.8 Å². The molecule has 6 heteroatoms. The second-order valence-corrected chi connectivity index (χ2v) is 5.86. The molecule has 120 valence electrons. The molecule has 0 bridgehead atoms. The minimum Gasteiger partial charge on any atom is -0.314 e. The van der Waals surface area contributed by atoms with Crippen LogP contribution in [0.5, 0.6) is 0 Å². The number of nitrogens with one attached hydrogen (secondary N) is 1. The molecule has 1 heterocycles. The summed E-state index contributed by atoms with van der Waals surface area (Å²) in [6.07, 6.45) is 3.79. The second kappa shape index (κ2) is 8.12. The molecule has 0 fully saturated rings. The van der Waals surface area contributed by atoms with Gasteiger partial charge in [-0.1, -0.05) is 34.1 Å². The summed E-state index contributed by atoms with van der Waals surface area (Å²) in [5, 5.41) is 19.3. The fourth-order valence-electron chi connectivity index (χ4n) is 2.59. The molecule has 1 N–H and O–H groups in total. The van der Waals surface area contributed by atoms with Crippen LogP contribution in [0.25, 0.3) is 0 Å². The van der Waals surface area contributed by atoms with E-state index >= 15 is 0 Å². The van der Waals surface area contributed by atoms with Crippen molar-refractivity contribution in [3.8, 4) is 0 Å². The molecule has 6 nitrogen and oxygen atoms in total. The Kier molecular flexibility index (Phi) is 6.81. The fraction of sp³-hybridized carbons (Fsp3) is 0.800. The minimum absolute atomic E-state index is 0.0542. The number of aromatic nitrogens is 2. The molecule has 1 unspecified atom stereocenters. The van der Waals surface area contributed by atoms with E-state index in [-0.39, 0.29) is 22.6 Å². The summed E-state index contributed by atoms with van der Waals surface area (Å²) >= 11 is 0. The summed E-state index contributed by atoms with van der Waals surface area (Å²) in [6.45, 7) is 9.08. The predicted octanol–water partition coefficient (Wildman–Crippen LogP) is 3.16. The highest BCUT2D eigenvalue weighted by atomic mass is 16.6. The maximum absolute atomic E-state index is 11.4. The highest BCUT2D eigenvalue weighted by Crippen LogP contribution is 2.30. The van der Waals surface area contributed by atoms with Crippen molar-refractivity contribution in [1.82, 2.24) is 15.1 Å². The fourth-order valence-corrected chi connectivity index (χ4v) is 2.59. The molecule has 0 saturated carbocycles. The van der Waals surface area contributed by atoms with Gasteiger partial charge in [-0.15, -0.1) is 0 Å². The Hall–Kier alpha value is -1.43. The van der Waals surface area contributed by atoms with E-state index in [4.69, 9.17) is 0 Å². The van der Waals surface area contributed by atoms with Gasteiger partial charge in [-0.2, -0.15) is 5.10 Å². The SMILES string of the molecule is CCCNC(CCC)Cc1c([N+](=O)[O-])c(C(C)C)nn1C. The van der Waals surface area contributed by atoms with Crippen molar-refractivity contribution in [2.75, 3.05) is 6.54 Å². The topological polar surface area (TPSA) is 73.0 Å². The lowest BCUT2D eigenvalue weighted by Crippen LogP contribution is -2.32. The monoisotopic (exact) mass is 296 g/mol. The van der Waals surface area contributed by atoms with Crippen LogP contribution in [0.3, 0.4) is 0 Å². The molecule has 0 aliphatic heterocycles. The van der Waals surface area contributed by atoms with Crippen molar-refractivity contribution >= 4 is 5.69 Å². The molecule has 1 rings (SSSR count). The van der Waals surface area contributed by atoms with Crippen molar-refractivity contribution in [3.05, 3.63) is 21.5 Å². The van der Waals surface area contributed by atoms with Crippen LogP contribution in [0.1, 0.15) is 64.3 Å². The average Bonchev–Trinajstić information content (AvgIpc) is 2.74. The van der Waals surface area contributed by atoms with Gasteiger partial charge in [0.1, 0.15) is 11.4 Å². The second-order valence-electron chi connectivity index (χ2n) is 5.86. The van der Waals surface area contributed by atoms with Crippen molar-refractivity contribution in [2.45, 2.75) is 65.3 Å². The molecule has 0 aromatic carbocycles. The molecule has 0 aliphatic carbocycles. The van der Waals surface area contributed by atoms with Crippen LogP contribution in [0.4, 0.5) is 5.69 Å². The van der Waals surface area contributed by atoms with E-state index in [1.807, 2.05) is 13.8 Å². The first-order valence-electron chi connectivity index (χ1n) is 7.85. The normalized spacial score (nSPS) is 12.9. The molecule has 1 atom stereocenters. The zero-order valence-corrected chi connectivity index (χ0v) is 13.8. The number of aryl methyl sites for hydroxylation is 1. The lowest BCUT2D eigenvalue weighted by Gasteiger charge is -2.17. The van der Waals surface area contributed by atoms with Gasteiger partial charge in [0.25, 0.3) is 0 Å². The Labute approximate surface area is 127 Å². The van der Waals surface area contributed by atoms with E-state index in [2.05, 4.69) is 24.3 Å². The van der Waals surface area contributed by atoms with Gasteiger partial charge in [0.05, 0.1) is 4.92 Å². The quantitative estimate of drug-likeness (QED) is 0.561. The van der Waals surface area contributed by atoms with Crippen LogP contribution in [-0.2, 0) is 13.5 Å². The van der Waals surface area contributed by atoms with Crippen LogP contribution in [-0.4, -0.2) is 27.3 Å². The molecule has 0 spiro atoms. The third kappa shape index (κ3) is 4.52. The summed E-state index contributed by atoms with van der Waals surface area (Å²) in [6, 6.07) is 0.268. The van der Waals surface area contributed by atoms with Crippen molar-refractivity contribution in [3.63, 3.8) is 0 Å². The Morgan fingerprint density at radius 3 is 2.48 bits per heavy atom. The number of nitrogens with zero attached hydrogens (tertiary/aromatic N) is 3. The molecule has 21 heavy (non-hydrogen) atoms. The van der Waals surface area contributed by atoms with Crippen LogP contribution in [0.2, 0.25) is 0 Å². The van der Waals surface area contributed by atoms with E-state index in [0.29, 0.717) is 12.1 Å². The first-order chi connectivity index (χ1) is 9.92. The molecule has 0 amide bonds. The van der Waals surface area contributed by atoms with Gasteiger partial charge >= 0.3 is 5.69 Å². The molecule has 0 saturated heterocycles. The molecular formula is C15H28N4O2. The van der Waals surface area contributed by atoms with Crippen molar-refractivity contribution < 1.29 is 4.92 Å². The molecule has 0 aliphatic rings. The van der Waals surface area contributed by atoms with Gasteiger partial charge in [0, 0.05) is 25.4 Å². The van der Waals surface area contributed by atoms with Crippen molar-refractivity contribution in [2.24, 2.45) is 7.05 Å². The van der Waals surface area contributed by atoms with Gasteiger partial charge < -0.3 is 5.32 Å². The minimum atomic E-state index is -0.277. The lowest BCUT2D eigenvalue weighted by atomic mass is 10.0. The highest BCUT2D eigenvalue weighted by Gasteiger charge is 2.29. The van der Waals surface area contributed by atoms with Gasteiger partial charge in [0.15, 0.2) is 0 Å². The van der Waals surface area contributed by atoms with Crippen LogP contribution in [0.15, 0.2) is 0 Å². The number of hydrogen-bond acceptors (Lipinski definition) is 4. The smallest absolute Gasteiger partial charge is 0.313 e. The standard InChI is InChI=1S/C15H28N4O2/c1-6-8-12(16-9-7-2)10-13-15(19(20)21)14(11(3)4)17-18(13)5/h11-12,16H,6-10H2,1-5H3. The first-order valence-corrected chi connectivity index (χ1v) is 7.85. The summed E-state index contributed by atoms with van der Waals surface area (Å²) in [5.74, 6) is 0.0542. The third-order valence-electron chi connectivity index (χ3n) is 3.65. The number of rotatable bonds is 9. The average molecular weight is 296 g/mol. The van der Waals surface area contributed by atoms with Gasteiger partial charge in [-0.25, -0.2) is 0 Å². The molecule has 1 aromatic rings. The van der Waals surface area contributed by atoms with E-state index in [0.717, 1.165) is 31.5 Å². The maximum atomic E-state index is 11.4. The Morgan fingerprint density at radius 2 is 2.00 bits per heavy atom. The maximum Gasteiger partial charge on any atom is 0.313 e. The van der Waals surface area contributed by atoms with E-state index in [9.17, 15) is 10.1 Å². The largest absolute Gasteiger partial charge is 0.314 e. The van der Waals surface area contributed by atoms with E-state index in [1.165, 1.54) is 0 Å². The van der Waals surface area contributed by atoms with Crippen LogP contribution < -0.4 is 5.32 Å². The van der Waals surface area contributed by atoms with E-state index in [1.54, 1.807) is 11.7 Å². The first kappa shape index (κ1) is 17.6. The number of nitro groups is 1. The van der Waals surface area contributed by atoms with Crippen LogP contribution >= 0.6 is 0 Å². The predicted molar refractivity (Wildman–Crippen MR) is 84.6 cm³/mol. The summed E-state index contributed by atoms with van der Waals surface area (Å²) in [4.78, 5) is 11.2. The summed E-state index contributed by atoms with van der Waals surface area (Å²) < 4.78 is 1.68. The Bertz CT molecular complexity index is 468. The summed E-state index contributed by atoms with van der Waals surface area (Å²) in [5.41, 5.74) is 1.51. The van der Waals surface area contributed by atoms with Gasteiger partial charge in [-0.05, 0) is 19.4 Å². The third-order valence-corrected chi connectivity index (χ3v) is 3.65. The summed E-state index contributed by atoms with van der Waals surface area (Å²) in [7, 11) is 1.80. The molecule has 0 radical (unpaired) electrons. The van der Waals surface area contributed by atoms with Crippen molar-refractivity contribution in [1.29, 1.82) is 0 Å². The van der Waals surface area contributed by atoms with Gasteiger partial charge in [0.2, 0.25) is 0 Å². The van der Waals surface area contributed by atoms with Crippen LogP contribution in [0, 0.1) is 10.1 Å². The number of hydrogen-bond donors (Lipinski definition) is 1. The highest BCUT2D eigenvalue weighted by molar-refractivity contribution is 5.43. The Balaban J connectivity index is 3.07. The zero-order valence-electron chi connectivity index (χ0n) is 13.8.